The van der Waals surface area contributed by atoms with Crippen molar-refractivity contribution in [1.82, 2.24) is 15.1 Å². The summed E-state index contributed by atoms with van der Waals surface area (Å²) in [6.45, 7) is 0.844. The molecule has 2 aromatic carbocycles. The Bertz CT molecular complexity index is 920. The highest BCUT2D eigenvalue weighted by atomic mass is 16.5. The molecule has 0 fully saturated rings. The summed E-state index contributed by atoms with van der Waals surface area (Å²) >= 11 is 0. The zero-order valence-electron chi connectivity index (χ0n) is 15.1. The Morgan fingerprint density at radius 2 is 2.11 bits per heavy atom. The predicted molar refractivity (Wildman–Crippen MR) is 101 cm³/mol. The third kappa shape index (κ3) is 3.65. The molecule has 0 aliphatic carbocycles. The number of nitrogens with one attached hydrogen (secondary N) is 1. The van der Waals surface area contributed by atoms with E-state index in [9.17, 15) is 4.79 Å². The van der Waals surface area contributed by atoms with Crippen molar-refractivity contribution in [3.63, 3.8) is 0 Å². The number of rotatable bonds is 5. The number of carbonyl (C=O) groups is 1. The molecule has 27 heavy (non-hydrogen) atoms. The maximum atomic E-state index is 12.6. The van der Waals surface area contributed by atoms with Crippen molar-refractivity contribution in [2.45, 2.75) is 13.0 Å². The van der Waals surface area contributed by atoms with Gasteiger partial charge in [-0.25, -0.2) is 4.68 Å². The van der Waals surface area contributed by atoms with Gasteiger partial charge in [0.25, 0.3) is 0 Å². The molecule has 0 saturated heterocycles. The molecule has 0 spiro atoms. The fourth-order valence-electron chi connectivity index (χ4n) is 3.24. The van der Waals surface area contributed by atoms with Crippen LogP contribution in [0.25, 0.3) is 5.69 Å². The van der Waals surface area contributed by atoms with Gasteiger partial charge >= 0.3 is 0 Å². The van der Waals surface area contributed by atoms with E-state index in [0.29, 0.717) is 25.3 Å². The first kappa shape index (κ1) is 17.1. The van der Waals surface area contributed by atoms with Gasteiger partial charge in [0, 0.05) is 18.9 Å². The fourth-order valence-corrected chi connectivity index (χ4v) is 3.24. The van der Waals surface area contributed by atoms with E-state index < -0.39 is 0 Å². The van der Waals surface area contributed by atoms with Gasteiger partial charge in [0.15, 0.2) is 11.5 Å². The largest absolute Gasteiger partial charge is 0.493 e. The zero-order valence-corrected chi connectivity index (χ0v) is 15.1. The molecule has 0 bridgehead atoms. The maximum Gasteiger partial charge on any atom is 0.227 e. The van der Waals surface area contributed by atoms with E-state index in [0.717, 1.165) is 22.6 Å². The summed E-state index contributed by atoms with van der Waals surface area (Å²) in [5, 5.41) is 7.22. The number of methoxy groups -OCH3 is 1. The SMILES string of the molecule is COc1cccc2c1OC[C@@H](C(=O)NCc1ccc(-n3cccn3)cc1)C2. The number of ether oxygens (including phenoxy) is 2. The van der Waals surface area contributed by atoms with Crippen molar-refractivity contribution in [1.29, 1.82) is 0 Å². The van der Waals surface area contributed by atoms with Crippen LogP contribution in [-0.2, 0) is 17.8 Å². The second-order valence-electron chi connectivity index (χ2n) is 6.50. The molecule has 0 radical (unpaired) electrons. The van der Waals surface area contributed by atoms with E-state index in [-0.39, 0.29) is 11.8 Å². The van der Waals surface area contributed by atoms with Crippen molar-refractivity contribution in [3.8, 4) is 17.2 Å². The van der Waals surface area contributed by atoms with Gasteiger partial charge in [-0.05, 0) is 41.8 Å². The average Bonchev–Trinajstić information content (AvgIpc) is 3.26. The van der Waals surface area contributed by atoms with Gasteiger partial charge in [-0.1, -0.05) is 24.3 Å². The van der Waals surface area contributed by atoms with E-state index in [4.69, 9.17) is 9.47 Å². The van der Waals surface area contributed by atoms with E-state index >= 15 is 0 Å². The highest BCUT2D eigenvalue weighted by Gasteiger charge is 2.27. The number of para-hydroxylation sites is 1. The predicted octanol–water partition coefficient (Wildman–Crippen LogP) is 2.75. The first-order chi connectivity index (χ1) is 13.2. The molecular formula is C21H21N3O3. The van der Waals surface area contributed by atoms with Crippen LogP contribution in [0.4, 0.5) is 0 Å². The second-order valence-corrected chi connectivity index (χ2v) is 6.50. The lowest BCUT2D eigenvalue weighted by molar-refractivity contribution is -0.126. The number of hydrogen-bond acceptors (Lipinski definition) is 4. The molecular weight excluding hydrogens is 342 g/mol. The summed E-state index contributed by atoms with van der Waals surface area (Å²) < 4.78 is 12.9. The van der Waals surface area contributed by atoms with Crippen molar-refractivity contribution < 1.29 is 14.3 Å². The molecule has 1 aliphatic heterocycles. The Morgan fingerprint density at radius 3 is 2.85 bits per heavy atom. The molecule has 6 nitrogen and oxygen atoms in total. The van der Waals surface area contributed by atoms with Gasteiger partial charge in [0.1, 0.15) is 6.61 Å². The number of carbonyl (C=O) groups excluding carboxylic acids is 1. The number of fused-ring (bicyclic) bond motifs is 1. The van der Waals surface area contributed by atoms with Crippen molar-refractivity contribution in [2.24, 2.45) is 5.92 Å². The smallest absolute Gasteiger partial charge is 0.227 e. The molecule has 138 valence electrons. The lowest BCUT2D eigenvalue weighted by atomic mass is 9.95. The normalized spacial score (nSPS) is 15.5. The lowest BCUT2D eigenvalue weighted by Gasteiger charge is -2.25. The van der Waals surface area contributed by atoms with Gasteiger partial charge in [-0.3, -0.25) is 4.79 Å². The monoisotopic (exact) mass is 363 g/mol. The van der Waals surface area contributed by atoms with Crippen LogP contribution < -0.4 is 14.8 Å². The standard InChI is InChI=1S/C21H21N3O3/c1-26-19-5-2-4-16-12-17(14-27-20(16)19)21(25)22-13-15-6-8-18(9-7-15)24-11-3-10-23-24/h2-11,17H,12-14H2,1H3,(H,22,25)/t17-/m0/s1. The van der Waals surface area contributed by atoms with E-state index in [1.165, 1.54) is 0 Å². The summed E-state index contributed by atoms with van der Waals surface area (Å²) in [7, 11) is 1.62. The number of hydrogen-bond donors (Lipinski definition) is 1. The van der Waals surface area contributed by atoms with Gasteiger partial charge < -0.3 is 14.8 Å². The average molecular weight is 363 g/mol. The minimum absolute atomic E-state index is 0.000349. The molecule has 1 atom stereocenters. The van der Waals surface area contributed by atoms with Crippen LogP contribution in [0.1, 0.15) is 11.1 Å². The Kier molecular flexibility index (Phi) is 4.78. The number of benzene rings is 2. The number of aromatic nitrogens is 2. The van der Waals surface area contributed by atoms with Gasteiger partial charge in [-0.2, -0.15) is 5.10 Å². The van der Waals surface area contributed by atoms with E-state index in [1.807, 2.05) is 54.7 Å². The van der Waals surface area contributed by atoms with E-state index in [2.05, 4.69) is 10.4 Å². The van der Waals surface area contributed by atoms with Crippen molar-refractivity contribution in [2.75, 3.05) is 13.7 Å². The molecule has 1 aromatic heterocycles. The third-order valence-electron chi connectivity index (χ3n) is 4.72. The minimum Gasteiger partial charge on any atom is -0.493 e. The summed E-state index contributed by atoms with van der Waals surface area (Å²) in [6.07, 6.45) is 4.29. The molecule has 1 aliphatic rings. The Morgan fingerprint density at radius 1 is 1.26 bits per heavy atom. The number of nitrogens with zero attached hydrogens (tertiary/aromatic N) is 2. The van der Waals surface area contributed by atoms with Crippen molar-refractivity contribution in [3.05, 3.63) is 72.1 Å². The Labute approximate surface area is 157 Å². The molecule has 0 unspecified atom stereocenters. The quantitative estimate of drug-likeness (QED) is 0.757. The maximum absolute atomic E-state index is 12.6. The summed E-state index contributed by atoms with van der Waals surface area (Å²) in [5.41, 5.74) is 3.03. The molecule has 1 N–H and O–H groups in total. The van der Waals surface area contributed by atoms with Crippen LogP contribution in [0.2, 0.25) is 0 Å². The van der Waals surface area contributed by atoms with Crippen molar-refractivity contribution >= 4 is 5.91 Å². The Balaban J connectivity index is 1.36. The lowest BCUT2D eigenvalue weighted by Crippen LogP contribution is -2.37. The topological polar surface area (TPSA) is 65.4 Å². The molecule has 2 heterocycles. The third-order valence-corrected chi connectivity index (χ3v) is 4.72. The molecule has 0 saturated carbocycles. The fraction of sp³-hybridized carbons (Fsp3) is 0.238. The van der Waals surface area contributed by atoms with Crippen LogP contribution in [0.3, 0.4) is 0 Å². The Hall–Kier alpha value is -3.28. The first-order valence-corrected chi connectivity index (χ1v) is 8.90. The van der Waals surface area contributed by atoms with Crippen LogP contribution in [0, 0.1) is 5.92 Å². The minimum atomic E-state index is -0.201. The zero-order chi connectivity index (χ0) is 18.6. The first-order valence-electron chi connectivity index (χ1n) is 8.90. The number of amides is 1. The highest BCUT2D eigenvalue weighted by molar-refractivity contribution is 5.79. The molecule has 4 rings (SSSR count). The molecule has 1 amide bonds. The van der Waals surface area contributed by atoms with Crippen LogP contribution in [0.5, 0.6) is 11.5 Å². The van der Waals surface area contributed by atoms with Gasteiger partial charge in [0.05, 0.1) is 18.7 Å². The highest BCUT2D eigenvalue weighted by Crippen LogP contribution is 2.36. The molecule has 3 aromatic rings. The summed E-state index contributed by atoms with van der Waals surface area (Å²) in [4.78, 5) is 12.6. The summed E-state index contributed by atoms with van der Waals surface area (Å²) in [5.74, 6) is 1.26. The van der Waals surface area contributed by atoms with E-state index in [1.54, 1.807) is 18.0 Å². The summed E-state index contributed by atoms with van der Waals surface area (Å²) in [6, 6.07) is 15.6. The van der Waals surface area contributed by atoms with Crippen LogP contribution in [-0.4, -0.2) is 29.4 Å². The van der Waals surface area contributed by atoms with Crippen LogP contribution >= 0.6 is 0 Å². The second kappa shape index (κ2) is 7.53. The van der Waals surface area contributed by atoms with Gasteiger partial charge in [0.2, 0.25) is 5.91 Å². The van der Waals surface area contributed by atoms with Crippen LogP contribution in [0.15, 0.2) is 60.9 Å². The van der Waals surface area contributed by atoms with Gasteiger partial charge in [-0.15, -0.1) is 0 Å². The molecule has 6 heteroatoms.